The van der Waals surface area contributed by atoms with Crippen molar-refractivity contribution in [2.45, 2.75) is 33.2 Å². The Kier molecular flexibility index (Phi) is 4.28. The fourth-order valence-electron chi connectivity index (χ4n) is 1.47. The van der Waals surface area contributed by atoms with Crippen molar-refractivity contribution in [2.75, 3.05) is 0 Å². The van der Waals surface area contributed by atoms with Gasteiger partial charge in [-0.05, 0) is 17.0 Å². The van der Waals surface area contributed by atoms with E-state index in [-0.39, 0.29) is 22.6 Å². The third kappa shape index (κ3) is 3.51. The van der Waals surface area contributed by atoms with Crippen LogP contribution < -0.4 is 5.73 Å². The Labute approximate surface area is 106 Å². The van der Waals surface area contributed by atoms with Crippen LogP contribution in [0.25, 0.3) is 0 Å². The summed E-state index contributed by atoms with van der Waals surface area (Å²) in [6.45, 7) is 5.64. The maximum Gasteiger partial charge on any atom is 0.154 e. The molecule has 2 nitrogen and oxygen atoms in total. The van der Waals surface area contributed by atoms with E-state index in [1.165, 1.54) is 6.07 Å². The van der Waals surface area contributed by atoms with Crippen LogP contribution in [0.3, 0.4) is 0 Å². The van der Waals surface area contributed by atoms with Crippen LogP contribution in [0, 0.1) is 11.2 Å². The number of carbonyl (C=O) groups excluding carboxylic acids is 1. The van der Waals surface area contributed by atoms with Crippen LogP contribution in [0.2, 0.25) is 5.02 Å². The number of nitrogens with two attached hydrogens (primary N) is 1. The molecule has 0 bridgehead atoms. The lowest BCUT2D eigenvalue weighted by atomic mass is 9.83. The first-order valence-corrected chi connectivity index (χ1v) is 5.82. The van der Waals surface area contributed by atoms with Gasteiger partial charge in [-0.1, -0.05) is 44.5 Å². The highest BCUT2D eigenvalue weighted by Gasteiger charge is 2.27. The zero-order valence-electron chi connectivity index (χ0n) is 10.3. The number of hydrogen-bond donors (Lipinski definition) is 1. The fourth-order valence-corrected chi connectivity index (χ4v) is 1.66. The average molecular weight is 258 g/mol. The summed E-state index contributed by atoms with van der Waals surface area (Å²) in [6, 6.07) is 4.01. The lowest BCUT2D eigenvalue weighted by molar-refractivity contribution is -0.121. The van der Waals surface area contributed by atoms with Gasteiger partial charge in [0, 0.05) is 6.42 Å². The van der Waals surface area contributed by atoms with Crippen molar-refractivity contribution in [3.05, 3.63) is 34.6 Å². The van der Waals surface area contributed by atoms with Crippen molar-refractivity contribution in [3.63, 3.8) is 0 Å². The molecule has 0 saturated carbocycles. The Morgan fingerprint density at radius 2 is 2.06 bits per heavy atom. The summed E-state index contributed by atoms with van der Waals surface area (Å²) in [5.74, 6) is -0.720. The number of carbonyl (C=O) groups is 1. The number of benzene rings is 1. The van der Waals surface area contributed by atoms with Crippen LogP contribution in [0.4, 0.5) is 4.39 Å². The smallest absolute Gasteiger partial charge is 0.154 e. The molecule has 0 saturated heterocycles. The summed E-state index contributed by atoms with van der Waals surface area (Å²) >= 11 is 5.65. The zero-order chi connectivity index (χ0) is 13.2. The van der Waals surface area contributed by atoms with E-state index >= 15 is 0 Å². The van der Waals surface area contributed by atoms with Gasteiger partial charge in [0.1, 0.15) is 5.82 Å². The topological polar surface area (TPSA) is 43.1 Å². The largest absolute Gasteiger partial charge is 0.321 e. The molecular formula is C13H17ClFNO. The summed E-state index contributed by atoms with van der Waals surface area (Å²) in [7, 11) is 0. The van der Waals surface area contributed by atoms with Gasteiger partial charge in [-0.15, -0.1) is 0 Å². The van der Waals surface area contributed by atoms with Crippen LogP contribution in [-0.4, -0.2) is 11.8 Å². The predicted octanol–water partition coefficient (Wildman–Crippen LogP) is 2.96. The summed E-state index contributed by atoms with van der Waals surface area (Å²) in [6.07, 6.45) is -0.0230. The Morgan fingerprint density at radius 3 is 2.59 bits per heavy atom. The maximum absolute atomic E-state index is 13.6. The molecule has 1 aromatic carbocycles. The minimum absolute atomic E-state index is 0.0230. The minimum atomic E-state index is -0.610. The monoisotopic (exact) mass is 257 g/mol. The molecule has 1 atom stereocenters. The van der Waals surface area contributed by atoms with Crippen molar-refractivity contribution >= 4 is 17.4 Å². The Morgan fingerprint density at radius 1 is 1.47 bits per heavy atom. The molecule has 0 amide bonds. The lowest BCUT2D eigenvalue weighted by Gasteiger charge is -2.25. The van der Waals surface area contributed by atoms with E-state index in [4.69, 9.17) is 17.3 Å². The normalized spacial score (nSPS) is 13.5. The molecular weight excluding hydrogens is 241 g/mol. The quantitative estimate of drug-likeness (QED) is 0.905. The molecule has 2 N–H and O–H groups in total. The number of hydrogen-bond acceptors (Lipinski definition) is 2. The molecule has 1 rings (SSSR count). The predicted molar refractivity (Wildman–Crippen MR) is 67.6 cm³/mol. The molecule has 0 radical (unpaired) electrons. The number of ketones is 1. The first-order valence-electron chi connectivity index (χ1n) is 5.44. The average Bonchev–Trinajstić information content (AvgIpc) is 2.22. The van der Waals surface area contributed by atoms with Gasteiger partial charge in [-0.25, -0.2) is 4.39 Å². The molecule has 1 unspecified atom stereocenters. The van der Waals surface area contributed by atoms with E-state index in [1.807, 2.05) is 20.8 Å². The Bertz CT molecular complexity index is 426. The summed E-state index contributed by atoms with van der Waals surface area (Å²) < 4.78 is 13.6. The van der Waals surface area contributed by atoms with Gasteiger partial charge in [-0.2, -0.15) is 0 Å². The molecule has 94 valence electrons. The summed E-state index contributed by atoms with van der Waals surface area (Å²) in [5, 5.41) is 0.0274. The van der Waals surface area contributed by atoms with E-state index in [0.717, 1.165) is 0 Å². The molecule has 1 aromatic rings. The molecule has 0 heterocycles. The van der Waals surface area contributed by atoms with Gasteiger partial charge >= 0.3 is 0 Å². The first kappa shape index (κ1) is 14.1. The second-order valence-electron chi connectivity index (χ2n) is 5.20. The van der Waals surface area contributed by atoms with Gasteiger partial charge in [0.25, 0.3) is 0 Å². The van der Waals surface area contributed by atoms with Gasteiger partial charge in [0.2, 0.25) is 0 Å². The van der Waals surface area contributed by atoms with E-state index in [9.17, 15) is 9.18 Å². The van der Waals surface area contributed by atoms with Crippen LogP contribution >= 0.6 is 11.6 Å². The lowest BCUT2D eigenvalue weighted by Crippen LogP contribution is -2.43. The molecule has 17 heavy (non-hydrogen) atoms. The van der Waals surface area contributed by atoms with Crippen molar-refractivity contribution in [1.29, 1.82) is 0 Å². The highest BCUT2D eigenvalue weighted by Crippen LogP contribution is 2.22. The van der Waals surface area contributed by atoms with Gasteiger partial charge in [-0.3, -0.25) is 4.79 Å². The minimum Gasteiger partial charge on any atom is -0.321 e. The van der Waals surface area contributed by atoms with Crippen molar-refractivity contribution < 1.29 is 9.18 Å². The van der Waals surface area contributed by atoms with Crippen molar-refractivity contribution in [3.8, 4) is 0 Å². The second-order valence-corrected chi connectivity index (χ2v) is 5.61. The van der Waals surface area contributed by atoms with Crippen LogP contribution in [0.15, 0.2) is 18.2 Å². The molecule has 0 aromatic heterocycles. The first-order chi connectivity index (χ1) is 7.73. The molecule has 0 aliphatic rings. The third-order valence-electron chi connectivity index (χ3n) is 2.68. The van der Waals surface area contributed by atoms with Gasteiger partial charge in [0.05, 0.1) is 11.1 Å². The SMILES string of the molecule is CC(C)(C)C(N)C(=O)Cc1cccc(Cl)c1F. The molecule has 0 fully saturated rings. The summed E-state index contributed by atoms with van der Waals surface area (Å²) in [4.78, 5) is 11.9. The van der Waals surface area contributed by atoms with E-state index in [2.05, 4.69) is 0 Å². The van der Waals surface area contributed by atoms with E-state index in [0.29, 0.717) is 5.56 Å². The van der Waals surface area contributed by atoms with Crippen molar-refractivity contribution in [2.24, 2.45) is 11.1 Å². The maximum atomic E-state index is 13.6. The highest BCUT2D eigenvalue weighted by atomic mass is 35.5. The fraction of sp³-hybridized carbons (Fsp3) is 0.462. The number of rotatable bonds is 3. The van der Waals surface area contributed by atoms with E-state index < -0.39 is 11.9 Å². The van der Waals surface area contributed by atoms with Crippen LogP contribution in [0.1, 0.15) is 26.3 Å². The van der Waals surface area contributed by atoms with Gasteiger partial charge in [0.15, 0.2) is 5.78 Å². The number of halogens is 2. The number of Topliss-reactive ketones (excluding diaryl/α,β-unsaturated/α-hetero) is 1. The Hall–Kier alpha value is -0.930. The molecule has 0 spiro atoms. The molecule has 0 aliphatic carbocycles. The Balaban J connectivity index is 2.86. The zero-order valence-corrected chi connectivity index (χ0v) is 11.0. The third-order valence-corrected chi connectivity index (χ3v) is 2.97. The standard InChI is InChI=1S/C13H17ClFNO/c1-13(2,3)12(16)10(17)7-8-5-4-6-9(14)11(8)15/h4-6,12H,7,16H2,1-3H3. The van der Waals surface area contributed by atoms with Gasteiger partial charge < -0.3 is 5.73 Å². The van der Waals surface area contributed by atoms with Crippen LogP contribution in [-0.2, 0) is 11.2 Å². The highest BCUT2D eigenvalue weighted by molar-refractivity contribution is 6.30. The van der Waals surface area contributed by atoms with E-state index in [1.54, 1.807) is 12.1 Å². The second kappa shape index (κ2) is 5.15. The molecule has 0 aliphatic heterocycles. The summed E-state index contributed by atoms with van der Waals surface area (Å²) in [5.41, 5.74) is 5.79. The molecule has 4 heteroatoms. The van der Waals surface area contributed by atoms with Crippen LogP contribution in [0.5, 0.6) is 0 Å². The van der Waals surface area contributed by atoms with Crippen molar-refractivity contribution in [1.82, 2.24) is 0 Å².